The Kier molecular flexibility index (Phi) is 6.34. The van der Waals surface area contributed by atoms with Gasteiger partial charge >= 0.3 is 0 Å². The van der Waals surface area contributed by atoms with Gasteiger partial charge in [0.2, 0.25) is 5.91 Å². The van der Waals surface area contributed by atoms with Gasteiger partial charge in [-0.25, -0.2) is 0 Å². The molecule has 1 N–H and O–H groups in total. The molecule has 0 bridgehead atoms. The Morgan fingerprint density at radius 1 is 1.39 bits per heavy atom. The van der Waals surface area contributed by atoms with E-state index < -0.39 is 0 Å². The molecule has 0 aliphatic heterocycles. The first-order valence-corrected chi connectivity index (χ1v) is 6.11. The Hall–Kier alpha value is -2.02. The summed E-state index contributed by atoms with van der Waals surface area (Å²) in [5.41, 5.74) is 1.15. The van der Waals surface area contributed by atoms with Crippen LogP contribution in [-0.4, -0.2) is 19.1 Å². The third-order valence-electron chi connectivity index (χ3n) is 2.43. The van der Waals surface area contributed by atoms with E-state index in [1.165, 1.54) is 0 Å². The van der Waals surface area contributed by atoms with Gasteiger partial charge in [0.05, 0.1) is 12.7 Å². The number of nitrogens with one attached hydrogen (secondary N) is 1. The van der Waals surface area contributed by atoms with Gasteiger partial charge in [0.25, 0.3) is 0 Å². The van der Waals surface area contributed by atoms with Crippen molar-refractivity contribution in [3.8, 4) is 11.8 Å². The Bertz CT molecular complexity index is 407. The molecule has 0 unspecified atom stereocenters. The predicted octanol–water partition coefficient (Wildman–Crippen LogP) is 2.05. The normalized spacial score (nSPS) is 9.56. The second-order valence-corrected chi connectivity index (χ2v) is 3.84. The van der Waals surface area contributed by atoms with Gasteiger partial charge in [-0.2, -0.15) is 5.26 Å². The van der Waals surface area contributed by atoms with E-state index in [9.17, 15) is 4.79 Å². The number of hydrogen-bond donors (Lipinski definition) is 1. The highest BCUT2D eigenvalue weighted by molar-refractivity contribution is 5.76. The Morgan fingerprint density at radius 3 is 2.72 bits per heavy atom. The van der Waals surface area contributed by atoms with Crippen molar-refractivity contribution in [2.24, 2.45) is 0 Å². The van der Waals surface area contributed by atoms with E-state index in [0.29, 0.717) is 13.2 Å². The molecule has 0 spiro atoms. The molecule has 1 aromatic carbocycles. The minimum atomic E-state index is -0.0671. The second-order valence-electron chi connectivity index (χ2n) is 3.84. The number of carbonyl (C=O) groups excluding carboxylic acids is 1. The van der Waals surface area contributed by atoms with E-state index in [2.05, 4.69) is 5.32 Å². The molecule has 1 rings (SSSR count). The number of ether oxygens (including phenoxy) is 1. The fourth-order valence-electron chi connectivity index (χ4n) is 1.52. The van der Waals surface area contributed by atoms with Crippen LogP contribution in [0.4, 0.5) is 0 Å². The van der Waals surface area contributed by atoms with Crippen molar-refractivity contribution in [3.63, 3.8) is 0 Å². The highest BCUT2D eigenvalue weighted by Crippen LogP contribution is 2.12. The van der Waals surface area contributed by atoms with Crippen LogP contribution in [0.15, 0.2) is 24.3 Å². The van der Waals surface area contributed by atoms with Crippen LogP contribution in [0.5, 0.6) is 5.75 Å². The molecule has 1 amide bonds. The number of carbonyl (C=O) groups is 1. The molecule has 4 nitrogen and oxygen atoms in total. The summed E-state index contributed by atoms with van der Waals surface area (Å²) in [5.74, 6) is 0.793. The summed E-state index contributed by atoms with van der Waals surface area (Å²) in [6.45, 7) is 3.21. The van der Waals surface area contributed by atoms with E-state index in [4.69, 9.17) is 10.00 Å². The third kappa shape index (κ3) is 5.35. The van der Waals surface area contributed by atoms with Gasteiger partial charge < -0.3 is 10.1 Å². The summed E-state index contributed by atoms with van der Waals surface area (Å²) < 4.78 is 5.35. The standard InChI is InChI=1S/C14H18N2O2/c1-2-18-13-7-5-12(6-8-13)9-11-16-14(17)4-3-10-15/h5-8H,2-4,9,11H2,1H3,(H,16,17). The lowest BCUT2D eigenvalue weighted by Gasteiger charge is -2.06. The van der Waals surface area contributed by atoms with Crippen molar-refractivity contribution in [1.82, 2.24) is 5.32 Å². The molecule has 96 valence electrons. The molecule has 0 aliphatic carbocycles. The van der Waals surface area contributed by atoms with Crippen LogP contribution in [0, 0.1) is 11.3 Å². The van der Waals surface area contributed by atoms with E-state index in [1.807, 2.05) is 37.3 Å². The Morgan fingerprint density at radius 2 is 2.11 bits per heavy atom. The molecule has 0 aromatic heterocycles. The van der Waals surface area contributed by atoms with Gasteiger partial charge in [-0.15, -0.1) is 0 Å². The number of amides is 1. The van der Waals surface area contributed by atoms with Crippen LogP contribution in [-0.2, 0) is 11.2 Å². The van der Waals surface area contributed by atoms with E-state index in [0.717, 1.165) is 17.7 Å². The maximum absolute atomic E-state index is 11.2. The van der Waals surface area contributed by atoms with Gasteiger partial charge in [-0.1, -0.05) is 12.1 Å². The summed E-state index contributed by atoms with van der Waals surface area (Å²) in [5, 5.41) is 11.1. The third-order valence-corrected chi connectivity index (χ3v) is 2.43. The lowest BCUT2D eigenvalue weighted by atomic mass is 10.1. The molecule has 0 saturated carbocycles. The highest BCUT2D eigenvalue weighted by atomic mass is 16.5. The van der Waals surface area contributed by atoms with Gasteiger partial charge in [-0.3, -0.25) is 4.79 Å². The number of nitrogens with zero attached hydrogens (tertiary/aromatic N) is 1. The van der Waals surface area contributed by atoms with Gasteiger partial charge in [-0.05, 0) is 31.0 Å². The predicted molar refractivity (Wildman–Crippen MR) is 69.2 cm³/mol. The van der Waals surface area contributed by atoms with Crippen LogP contribution in [0.25, 0.3) is 0 Å². The summed E-state index contributed by atoms with van der Waals surface area (Å²) in [7, 11) is 0. The second kappa shape index (κ2) is 8.13. The maximum Gasteiger partial charge on any atom is 0.221 e. The first kappa shape index (κ1) is 14.0. The van der Waals surface area contributed by atoms with Crippen LogP contribution in [0.3, 0.4) is 0 Å². The highest BCUT2D eigenvalue weighted by Gasteiger charge is 2.00. The lowest BCUT2D eigenvalue weighted by Crippen LogP contribution is -2.25. The quantitative estimate of drug-likeness (QED) is 0.801. The monoisotopic (exact) mass is 246 g/mol. The van der Waals surface area contributed by atoms with Gasteiger partial charge in [0.1, 0.15) is 5.75 Å². The molecule has 4 heteroatoms. The van der Waals surface area contributed by atoms with Crippen molar-refractivity contribution in [2.75, 3.05) is 13.2 Å². The molecular formula is C14H18N2O2. The molecule has 0 fully saturated rings. The smallest absolute Gasteiger partial charge is 0.221 e. The summed E-state index contributed by atoms with van der Waals surface area (Å²) >= 11 is 0. The number of rotatable bonds is 7. The number of benzene rings is 1. The molecule has 0 radical (unpaired) electrons. The average Bonchev–Trinajstić information content (AvgIpc) is 2.39. The molecular weight excluding hydrogens is 228 g/mol. The zero-order valence-corrected chi connectivity index (χ0v) is 10.6. The van der Waals surface area contributed by atoms with Crippen LogP contribution < -0.4 is 10.1 Å². The molecule has 1 aromatic rings. The largest absolute Gasteiger partial charge is 0.494 e. The fraction of sp³-hybridized carbons (Fsp3) is 0.429. The first-order chi connectivity index (χ1) is 8.76. The Labute approximate surface area is 108 Å². The summed E-state index contributed by atoms with van der Waals surface area (Å²) in [6.07, 6.45) is 1.33. The summed E-state index contributed by atoms with van der Waals surface area (Å²) in [6, 6.07) is 9.79. The van der Waals surface area contributed by atoms with Crippen LogP contribution >= 0.6 is 0 Å². The molecule has 0 aliphatic rings. The molecule has 0 heterocycles. The summed E-state index contributed by atoms with van der Waals surface area (Å²) in [4.78, 5) is 11.2. The fourth-order valence-corrected chi connectivity index (χ4v) is 1.52. The first-order valence-electron chi connectivity index (χ1n) is 6.11. The maximum atomic E-state index is 11.2. The molecule has 0 atom stereocenters. The SMILES string of the molecule is CCOc1ccc(CCNC(=O)CCC#N)cc1. The van der Waals surface area contributed by atoms with Crippen LogP contribution in [0.2, 0.25) is 0 Å². The van der Waals surface area contributed by atoms with Gasteiger partial charge in [0.15, 0.2) is 0 Å². The zero-order valence-electron chi connectivity index (χ0n) is 10.6. The van der Waals surface area contributed by atoms with E-state index >= 15 is 0 Å². The zero-order chi connectivity index (χ0) is 13.2. The topological polar surface area (TPSA) is 62.1 Å². The van der Waals surface area contributed by atoms with E-state index in [-0.39, 0.29) is 18.7 Å². The van der Waals surface area contributed by atoms with Crippen LogP contribution in [0.1, 0.15) is 25.3 Å². The number of nitriles is 1. The van der Waals surface area contributed by atoms with Crippen molar-refractivity contribution < 1.29 is 9.53 Å². The number of hydrogen-bond acceptors (Lipinski definition) is 3. The van der Waals surface area contributed by atoms with Crippen molar-refractivity contribution in [1.29, 1.82) is 5.26 Å². The molecule has 0 saturated heterocycles. The Balaban J connectivity index is 2.27. The van der Waals surface area contributed by atoms with E-state index in [1.54, 1.807) is 0 Å². The minimum absolute atomic E-state index is 0.0671. The van der Waals surface area contributed by atoms with Gasteiger partial charge in [0, 0.05) is 19.4 Å². The lowest BCUT2D eigenvalue weighted by molar-refractivity contribution is -0.120. The minimum Gasteiger partial charge on any atom is -0.494 e. The van der Waals surface area contributed by atoms with Crippen molar-refractivity contribution in [2.45, 2.75) is 26.2 Å². The van der Waals surface area contributed by atoms with Crippen molar-refractivity contribution in [3.05, 3.63) is 29.8 Å². The average molecular weight is 246 g/mol. The van der Waals surface area contributed by atoms with Crippen molar-refractivity contribution >= 4 is 5.91 Å². The molecule has 18 heavy (non-hydrogen) atoms.